The third kappa shape index (κ3) is 6.13. The zero-order chi connectivity index (χ0) is 28.5. The Hall–Kier alpha value is -2.71. The molecule has 1 amide bonds. The van der Waals surface area contributed by atoms with Gasteiger partial charge in [-0.2, -0.15) is 4.31 Å². The second-order valence-corrected chi connectivity index (χ2v) is 13.7. The van der Waals surface area contributed by atoms with Gasteiger partial charge in [-0.1, -0.05) is 23.2 Å². The summed E-state index contributed by atoms with van der Waals surface area (Å²) in [5.41, 5.74) is 0.287. The van der Waals surface area contributed by atoms with E-state index in [-0.39, 0.29) is 39.2 Å². The Morgan fingerprint density at radius 1 is 0.800 bits per heavy atom. The summed E-state index contributed by atoms with van der Waals surface area (Å²) in [6.07, 6.45) is 0.897. The number of carbonyl (C=O) groups is 1. The van der Waals surface area contributed by atoms with E-state index in [2.05, 4.69) is 10.0 Å². The fourth-order valence-corrected chi connectivity index (χ4v) is 7.34. The van der Waals surface area contributed by atoms with E-state index >= 15 is 0 Å². The number of hydrogen-bond acceptors (Lipinski definition) is 7. The summed E-state index contributed by atoms with van der Waals surface area (Å²) in [6, 6.07) is 15.4. The van der Waals surface area contributed by atoms with Gasteiger partial charge in [0.1, 0.15) is 0 Å². The average Bonchev–Trinajstić information content (AvgIpc) is 3.38. The van der Waals surface area contributed by atoms with Crippen LogP contribution in [0.15, 0.2) is 76.5 Å². The van der Waals surface area contributed by atoms with Crippen LogP contribution in [0.1, 0.15) is 23.2 Å². The first-order chi connectivity index (χ1) is 19.0. The third-order valence-electron chi connectivity index (χ3n) is 6.64. The smallest absolute Gasteiger partial charge is 0.261 e. The maximum atomic E-state index is 13.2. The van der Waals surface area contributed by atoms with Crippen molar-refractivity contribution in [3.8, 4) is 0 Å². The molecular formula is C26H25Cl2N3O7S2. The number of halogens is 2. The van der Waals surface area contributed by atoms with Gasteiger partial charge in [-0.15, -0.1) is 0 Å². The molecule has 10 nitrogen and oxygen atoms in total. The van der Waals surface area contributed by atoms with E-state index in [0.29, 0.717) is 36.8 Å². The zero-order valence-electron chi connectivity index (χ0n) is 21.0. The highest BCUT2D eigenvalue weighted by Crippen LogP contribution is 2.33. The molecular weight excluding hydrogens is 601 g/mol. The summed E-state index contributed by atoms with van der Waals surface area (Å²) in [7, 11) is -7.79. The van der Waals surface area contributed by atoms with Crippen LogP contribution in [-0.4, -0.2) is 59.1 Å². The van der Waals surface area contributed by atoms with Crippen LogP contribution < -0.4 is 10.0 Å². The number of sulfonamides is 2. The van der Waals surface area contributed by atoms with Gasteiger partial charge in [-0.05, 0) is 66.7 Å². The number of rotatable bonds is 7. The Balaban J connectivity index is 1.29. The summed E-state index contributed by atoms with van der Waals surface area (Å²) in [4.78, 5) is 13.2. The van der Waals surface area contributed by atoms with E-state index < -0.39 is 31.7 Å². The minimum atomic E-state index is -4.03. The van der Waals surface area contributed by atoms with Crippen molar-refractivity contribution in [1.82, 2.24) is 4.31 Å². The molecule has 14 heteroatoms. The number of anilines is 2. The van der Waals surface area contributed by atoms with Crippen LogP contribution in [0.4, 0.5) is 11.4 Å². The lowest BCUT2D eigenvalue weighted by molar-refractivity contribution is -0.179. The van der Waals surface area contributed by atoms with Crippen molar-refractivity contribution in [2.24, 2.45) is 0 Å². The van der Waals surface area contributed by atoms with Gasteiger partial charge in [0.2, 0.25) is 10.0 Å². The topological polar surface area (TPSA) is 131 Å². The second-order valence-electron chi connectivity index (χ2n) is 9.24. The van der Waals surface area contributed by atoms with Crippen molar-refractivity contribution in [2.75, 3.05) is 36.3 Å². The van der Waals surface area contributed by atoms with Gasteiger partial charge in [0.15, 0.2) is 5.79 Å². The second kappa shape index (κ2) is 11.3. The highest BCUT2D eigenvalue weighted by molar-refractivity contribution is 7.92. The highest BCUT2D eigenvalue weighted by atomic mass is 35.5. The third-order valence-corrected chi connectivity index (χ3v) is 10.4. The molecule has 3 aromatic carbocycles. The van der Waals surface area contributed by atoms with Crippen LogP contribution in [0.25, 0.3) is 0 Å². The van der Waals surface area contributed by atoms with Crippen molar-refractivity contribution in [1.29, 1.82) is 0 Å². The number of ether oxygens (including phenoxy) is 2. The molecule has 5 rings (SSSR count). The molecule has 2 N–H and O–H groups in total. The Bertz CT molecular complexity index is 1620. The fourth-order valence-electron chi connectivity index (χ4n) is 4.52. The summed E-state index contributed by atoms with van der Waals surface area (Å²) < 4.78 is 67.2. The maximum Gasteiger partial charge on any atom is 0.261 e. The van der Waals surface area contributed by atoms with E-state index in [1.54, 1.807) is 0 Å². The molecule has 0 atom stereocenters. The van der Waals surface area contributed by atoms with Gasteiger partial charge < -0.3 is 14.8 Å². The first-order valence-corrected chi connectivity index (χ1v) is 15.9. The molecule has 1 spiro atoms. The van der Waals surface area contributed by atoms with Crippen molar-refractivity contribution < 1.29 is 31.1 Å². The summed E-state index contributed by atoms with van der Waals surface area (Å²) >= 11 is 11.9. The molecule has 2 aliphatic rings. The van der Waals surface area contributed by atoms with Gasteiger partial charge >= 0.3 is 0 Å². The number of benzene rings is 3. The number of nitrogens with one attached hydrogen (secondary N) is 2. The molecule has 0 saturated carbocycles. The normalized spacial score (nSPS) is 17.6. The minimum Gasteiger partial charge on any atom is -0.347 e. The van der Waals surface area contributed by atoms with E-state index in [4.69, 9.17) is 32.7 Å². The zero-order valence-corrected chi connectivity index (χ0v) is 24.1. The van der Waals surface area contributed by atoms with Crippen LogP contribution in [0.5, 0.6) is 0 Å². The molecule has 2 fully saturated rings. The number of nitrogens with zero attached hydrogens (tertiary/aromatic N) is 1. The summed E-state index contributed by atoms with van der Waals surface area (Å²) in [6.45, 7) is 1.55. The summed E-state index contributed by atoms with van der Waals surface area (Å²) in [5.74, 6) is -1.34. The quantitative estimate of drug-likeness (QED) is 0.393. The van der Waals surface area contributed by atoms with E-state index in [0.717, 1.165) is 0 Å². The molecule has 0 unspecified atom stereocenters. The lowest BCUT2D eigenvalue weighted by Crippen LogP contribution is -2.47. The molecule has 40 heavy (non-hydrogen) atoms. The Morgan fingerprint density at radius 3 is 2.00 bits per heavy atom. The SMILES string of the molecule is O=C(Nc1ccc(S(=O)(=O)N2CCC3(CC2)OCCO3)cc1)c1cc(Cl)ccc1NS(=O)(=O)c1ccc(Cl)cc1. The highest BCUT2D eigenvalue weighted by Gasteiger charge is 2.42. The average molecular weight is 627 g/mol. The van der Waals surface area contributed by atoms with Gasteiger partial charge in [-0.3, -0.25) is 9.52 Å². The molecule has 0 aliphatic carbocycles. The van der Waals surface area contributed by atoms with Gasteiger partial charge in [0.25, 0.3) is 15.9 Å². The largest absolute Gasteiger partial charge is 0.347 e. The number of hydrogen-bond donors (Lipinski definition) is 2. The molecule has 0 bridgehead atoms. The van der Waals surface area contributed by atoms with Crippen LogP contribution >= 0.6 is 23.2 Å². The number of carbonyl (C=O) groups excluding carboxylic acids is 1. The van der Waals surface area contributed by atoms with Crippen LogP contribution in [0, 0.1) is 0 Å². The summed E-state index contributed by atoms with van der Waals surface area (Å²) in [5, 5.41) is 3.26. The van der Waals surface area contributed by atoms with Crippen molar-refractivity contribution >= 4 is 60.5 Å². The van der Waals surface area contributed by atoms with Crippen molar-refractivity contribution in [3.05, 3.63) is 82.3 Å². The van der Waals surface area contributed by atoms with Crippen LogP contribution in [-0.2, 0) is 29.5 Å². The van der Waals surface area contributed by atoms with Crippen molar-refractivity contribution in [2.45, 2.75) is 28.4 Å². The molecule has 2 heterocycles. The first-order valence-electron chi connectivity index (χ1n) is 12.2. The molecule has 0 radical (unpaired) electrons. The molecule has 0 aromatic heterocycles. The maximum absolute atomic E-state index is 13.2. The van der Waals surface area contributed by atoms with Crippen LogP contribution in [0.3, 0.4) is 0 Å². The first kappa shape index (κ1) is 28.8. The fraction of sp³-hybridized carbons (Fsp3) is 0.269. The monoisotopic (exact) mass is 625 g/mol. The van der Waals surface area contributed by atoms with E-state index in [9.17, 15) is 21.6 Å². The standard InChI is InChI=1S/C26H25Cl2N3O7S2/c27-18-1-6-21(7-2-18)39(33,34)30-24-10-3-19(28)17-23(24)25(32)29-20-4-8-22(9-5-20)40(35,36)31-13-11-26(12-14-31)37-15-16-38-26/h1-10,17,30H,11-16H2,(H,29,32). The minimum absolute atomic E-state index is 0.00846. The Kier molecular flexibility index (Phi) is 8.13. The van der Waals surface area contributed by atoms with Crippen LogP contribution in [0.2, 0.25) is 10.0 Å². The number of amides is 1. The molecule has 3 aromatic rings. The van der Waals surface area contributed by atoms with Gasteiger partial charge in [0, 0.05) is 41.7 Å². The Morgan fingerprint density at radius 2 is 1.38 bits per heavy atom. The predicted octanol–water partition coefficient (Wildman–Crippen LogP) is 4.57. The molecule has 2 aliphatic heterocycles. The number of piperidine rings is 1. The lowest BCUT2D eigenvalue weighted by atomic mass is 10.1. The molecule has 212 valence electrons. The van der Waals surface area contributed by atoms with E-state index in [1.165, 1.54) is 71.0 Å². The van der Waals surface area contributed by atoms with Gasteiger partial charge in [0.05, 0.1) is 34.3 Å². The Labute approximate surface area is 242 Å². The predicted molar refractivity (Wildman–Crippen MR) is 151 cm³/mol. The van der Waals surface area contributed by atoms with Crippen molar-refractivity contribution in [3.63, 3.8) is 0 Å². The van der Waals surface area contributed by atoms with E-state index in [1.807, 2.05) is 0 Å². The molecule has 2 saturated heterocycles. The van der Waals surface area contributed by atoms with Gasteiger partial charge in [-0.25, -0.2) is 16.8 Å². The lowest BCUT2D eigenvalue weighted by Gasteiger charge is -2.36.